The van der Waals surface area contributed by atoms with Crippen LogP contribution in [-0.4, -0.2) is 11.3 Å². The van der Waals surface area contributed by atoms with Crippen molar-refractivity contribution < 1.29 is 17.9 Å². The molecule has 0 amide bonds. The van der Waals surface area contributed by atoms with Crippen molar-refractivity contribution in [1.82, 2.24) is 4.98 Å². The highest BCUT2D eigenvalue weighted by Crippen LogP contribution is 2.32. The molecule has 2 aromatic rings. The van der Waals surface area contributed by atoms with E-state index < -0.39 is 12.1 Å². The number of unbranched alkanes of at least 4 members (excludes halogenated alkanes) is 2. The molecule has 24 heavy (non-hydrogen) atoms. The van der Waals surface area contributed by atoms with Crippen LogP contribution in [0.5, 0.6) is 5.75 Å². The number of ether oxygens (including phenoxy) is 1. The molecule has 0 atom stereocenters. The summed E-state index contributed by atoms with van der Waals surface area (Å²) < 4.78 is 41.5. The Morgan fingerprint density at radius 3 is 2.71 bits per heavy atom. The molecule has 0 saturated carbocycles. The number of rotatable bonds is 6. The molecular weight excluding hydrogens is 317 g/mol. The first-order chi connectivity index (χ1) is 11.4. The summed E-state index contributed by atoms with van der Waals surface area (Å²) in [5, 5.41) is 8.53. The Bertz CT molecular complexity index is 736. The minimum atomic E-state index is -4.78. The van der Waals surface area contributed by atoms with Crippen LogP contribution in [0.1, 0.15) is 30.5 Å². The summed E-state index contributed by atoms with van der Waals surface area (Å²) in [7, 11) is 0. The van der Waals surface area contributed by atoms with Gasteiger partial charge in [0.2, 0.25) is 0 Å². The van der Waals surface area contributed by atoms with Crippen molar-refractivity contribution in [1.29, 1.82) is 5.26 Å². The number of benzene rings is 1. The minimum absolute atomic E-state index is 0.244. The highest BCUT2D eigenvalue weighted by atomic mass is 19.4. The number of aryl methyl sites for hydroxylation is 2. The second-order valence-electron chi connectivity index (χ2n) is 5.27. The molecule has 1 aromatic heterocycles. The third-order valence-electron chi connectivity index (χ3n) is 3.49. The summed E-state index contributed by atoms with van der Waals surface area (Å²) in [4.78, 5) is 4.40. The lowest BCUT2D eigenvalue weighted by molar-refractivity contribution is -0.274. The van der Waals surface area contributed by atoms with Gasteiger partial charge in [-0.3, -0.25) is 4.98 Å². The molecule has 0 aliphatic rings. The second kappa shape index (κ2) is 7.82. The fourth-order valence-electron chi connectivity index (χ4n) is 2.35. The van der Waals surface area contributed by atoms with Crippen LogP contribution in [0, 0.1) is 24.3 Å². The number of para-hydroxylation sites is 1. The van der Waals surface area contributed by atoms with Crippen LogP contribution in [0.4, 0.5) is 13.2 Å². The number of hydrogen-bond donors (Lipinski definition) is 0. The quantitative estimate of drug-likeness (QED) is 0.700. The van der Waals surface area contributed by atoms with E-state index >= 15 is 0 Å². The van der Waals surface area contributed by atoms with Crippen LogP contribution >= 0.6 is 0 Å². The molecule has 1 aromatic carbocycles. The molecule has 1 radical (unpaired) electrons. The van der Waals surface area contributed by atoms with Crippen LogP contribution < -0.4 is 4.74 Å². The van der Waals surface area contributed by atoms with Gasteiger partial charge in [0, 0.05) is 23.7 Å². The SMILES string of the molecule is Cc1nc(-c2ccc[c]c2OC(F)(F)F)ccc1CCCCC#N. The van der Waals surface area contributed by atoms with Crippen molar-refractivity contribution in [3.05, 3.63) is 47.7 Å². The van der Waals surface area contributed by atoms with Crippen LogP contribution in [0.2, 0.25) is 0 Å². The predicted molar refractivity (Wildman–Crippen MR) is 83.1 cm³/mol. The maximum absolute atomic E-state index is 12.5. The van der Waals surface area contributed by atoms with E-state index in [0.29, 0.717) is 12.1 Å². The van der Waals surface area contributed by atoms with Gasteiger partial charge in [0.05, 0.1) is 11.8 Å². The molecule has 0 spiro atoms. The molecule has 0 fully saturated rings. The Kier molecular flexibility index (Phi) is 5.80. The smallest absolute Gasteiger partial charge is 0.404 e. The largest absolute Gasteiger partial charge is 0.573 e. The number of hydrogen-bond acceptors (Lipinski definition) is 3. The molecule has 3 nitrogen and oxygen atoms in total. The van der Waals surface area contributed by atoms with Crippen LogP contribution in [0.15, 0.2) is 30.3 Å². The fourth-order valence-corrected chi connectivity index (χ4v) is 2.35. The maximum atomic E-state index is 12.5. The standard InChI is InChI=1S/C18H16F3N2O/c1-13-14(7-3-2-6-12-22)10-11-16(23-13)15-8-4-5-9-17(15)24-18(19,20)21/h4-5,8,10-11H,2-3,6-7H2,1H3. The third kappa shape index (κ3) is 4.98. The zero-order chi connectivity index (χ0) is 17.6. The van der Waals surface area contributed by atoms with Gasteiger partial charge < -0.3 is 4.74 Å². The van der Waals surface area contributed by atoms with Crippen molar-refractivity contribution >= 4 is 0 Å². The van der Waals surface area contributed by atoms with E-state index in [0.717, 1.165) is 30.5 Å². The highest BCUT2D eigenvalue weighted by Gasteiger charge is 2.32. The van der Waals surface area contributed by atoms with E-state index in [1.54, 1.807) is 12.1 Å². The summed E-state index contributed by atoms with van der Waals surface area (Å²) in [5.41, 5.74) is 2.43. The van der Waals surface area contributed by atoms with Gasteiger partial charge in [-0.25, -0.2) is 0 Å². The zero-order valence-electron chi connectivity index (χ0n) is 13.2. The van der Waals surface area contributed by atoms with Gasteiger partial charge in [0.1, 0.15) is 5.75 Å². The van der Waals surface area contributed by atoms with Gasteiger partial charge in [0.15, 0.2) is 0 Å². The zero-order valence-corrected chi connectivity index (χ0v) is 13.2. The molecule has 6 heteroatoms. The number of alkyl halides is 3. The Labute approximate surface area is 138 Å². The minimum Gasteiger partial charge on any atom is -0.404 e. The van der Waals surface area contributed by atoms with Crippen molar-refractivity contribution in [2.45, 2.75) is 39.0 Å². The number of nitriles is 1. The van der Waals surface area contributed by atoms with E-state index in [9.17, 15) is 13.2 Å². The molecule has 1 heterocycles. The van der Waals surface area contributed by atoms with E-state index in [1.807, 2.05) is 13.0 Å². The van der Waals surface area contributed by atoms with Crippen molar-refractivity contribution in [2.75, 3.05) is 0 Å². The Hall–Kier alpha value is -2.55. The Morgan fingerprint density at radius 2 is 2.04 bits per heavy atom. The average molecular weight is 333 g/mol. The van der Waals surface area contributed by atoms with E-state index in [4.69, 9.17) is 5.26 Å². The second-order valence-corrected chi connectivity index (χ2v) is 5.27. The first-order valence-electron chi connectivity index (χ1n) is 7.51. The molecule has 0 unspecified atom stereocenters. The summed E-state index contributed by atoms with van der Waals surface area (Å²) >= 11 is 0. The lowest BCUT2D eigenvalue weighted by Crippen LogP contribution is -2.17. The van der Waals surface area contributed by atoms with E-state index in [-0.39, 0.29) is 5.56 Å². The van der Waals surface area contributed by atoms with Crippen LogP contribution in [0.3, 0.4) is 0 Å². The number of pyridine rings is 1. The molecule has 0 saturated heterocycles. The van der Waals surface area contributed by atoms with Gasteiger partial charge in [-0.05, 0) is 43.9 Å². The lowest BCUT2D eigenvalue weighted by atomic mass is 10.0. The number of aromatic nitrogens is 1. The monoisotopic (exact) mass is 333 g/mol. The summed E-state index contributed by atoms with van der Waals surface area (Å²) in [6.45, 7) is 1.82. The van der Waals surface area contributed by atoms with Crippen molar-refractivity contribution in [3.63, 3.8) is 0 Å². The van der Waals surface area contributed by atoms with E-state index in [2.05, 4.69) is 21.9 Å². The topological polar surface area (TPSA) is 45.9 Å². The fraction of sp³-hybridized carbons (Fsp3) is 0.333. The molecule has 2 rings (SSSR count). The molecule has 0 N–H and O–H groups in total. The van der Waals surface area contributed by atoms with Gasteiger partial charge >= 0.3 is 6.36 Å². The van der Waals surface area contributed by atoms with Crippen LogP contribution in [-0.2, 0) is 6.42 Å². The van der Waals surface area contributed by atoms with E-state index in [1.165, 1.54) is 12.1 Å². The van der Waals surface area contributed by atoms with Gasteiger partial charge in [0.25, 0.3) is 0 Å². The van der Waals surface area contributed by atoms with Crippen molar-refractivity contribution in [2.24, 2.45) is 0 Å². The Morgan fingerprint density at radius 1 is 1.25 bits per heavy atom. The molecule has 0 bridgehead atoms. The molecule has 125 valence electrons. The molecular formula is C18H16F3N2O. The number of nitrogens with zero attached hydrogens (tertiary/aromatic N) is 2. The Balaban J connectivity index is 2.22. The first-order valence-corrected chi connectivity index (χ1v) is 7.51. The average Bonchev–Trinajstić information content (AvgIpc) is 2.52. The maximum Gasteiger partial charge on any atom is 0.573 e. The normalized spacial score (nSPS) is 11.1. The van der Waals surface area contributed by atoms with Crippen molar-refractivity contribution in [3.8, 4) is 23.1 Å². The summed E-state index contributed by atoms with van der Waals surface area (Å²) in [5.74, 6) is -0.390. The first kappa shape index (κ1) is 17.8. The van der Waals surface area contributed by atoms with Gasteiger partial charge in [-0.1, -0.05) is 18.2 Å². The summed E-state index contributed by atoms with van der Waals surface area (Å²) in [6.07, 6.45) is -1.79. The lowest BCUT2D eigenvalue weighted by Gasteiger charge is -2.13. The molecule has 0 aliphatic heterocycles. The van der Waals surface area contributed by atoms with Gasteiger partial charge in [-0.2, -0.15) is 5.26 Å². The predicted octanol–water partition coefficient (Wildman–Crippen LogP) is 4.99. The summed E-state index contributed by atoms with van der Waals surface area (Å²) in [6, 6.07) is 12.6. The number of halogens is 3. The molecule has 0 aliphatic carbocycles. The van der Waals surface area contributed by atoms with Gasteiger partial charge in [-0.15, -0.1) is 13.2 Å². The third-order valence-corrected chi connectivity index (χ3v) is 3.49. The van der Waals surface area contributed by atoms with Crippen LogP contribution in [0.25, 0.3) is 11.3 Å². The highest BCUT2D eigenvalue weighted by molar-refractivity contribution is 5.67.